The van der Waals surface area contributed by atoms with Crippen LogP contribution in [0.25, 0.3) is 11.1 Å². The topological polar surface area (TPSA) is 47.6 Å². The van der Waals surface area contributed by atoms with Crippen LogP contribution in [-0.2, 0) is 0 Å². The molecular formula is C22H19NO3. The number of rotatable bonds is 4. The number of carbonyl (C=O) groups is 1. The summed E-state index contributed by atoms with van der Waals surface area (Å²) in [6.45, 7) is 2.17. The lowest BCUT2D eigenvalue weighted by molar-refractivity contribution is 0.0939. The molecule has 1 aliphatic heterocycles. The molecule has 3 aromatic carbocycles. The lowest BCUT2D eigenvalue weighted by atomic mass is 10.0. The molecule has 1 N–H and O–H groups in total. The van der Waals surface area contributed by atoms with Crippen molar-refractivity contribution in [3.8, 4) is 22.6 Å². The van der Waals surface area contributed by atoms with E-state index >= 15 is 0 Å². The van der Waals surface area contributed by atoms with Crippen molar-refractivity contribution in [2.24, 2.45) is 0 Å². The lowest BCUT2D eigenvalue weighted by Crippen LogP contribution is -2.26. The third-order valence-corrected chi connectivity index (χ3v) is 4.50. The molecule has 0 aliphatic carbocycles. The van der Waals surface area contributed by atoms with Crippen LogP contribution in [0.15, 0.2) is 72.8 Å². The summed E-state index contributed by atoms with van der Waals surface area (Å²) in [7, 11) is 0. The number of carbonyl (C=O) groups excluding carboxylic acids is 1. The number of ether oxygens (including phenoxy) is 2. The van der Waals surface area contributed by atoms with Crippen LogP contribution in [0.3, 0.4) is 0 Å². The van der Waals surface area contributed by atoms with Gasteiger partial charge in [0, 0.05) is 5.56 Å². The number of fused-ring (bicyclic) bond motifs is 1. The Morgan fingerprint density at radius 1 is 0.885 bits per heavy atom. The second-order valence-electron chi connectivity index (χ2n) is 6.25. The molecule has 26 heavy (non-hydrogen) atoms. The Morgan fingerprint density at radius 2 is 1.58 bits per heavy atom. The first-order chi connectivity index (χ1) is 12.7. The molecule has 1 unspecified atom stereocenters. The highest BCUT2D eigenvalue weighted by Gasteiger charge is 2.17. The van der Waals surface area contributed by atoms with E-state index in [4.69, 9.17) is 9.47 Å². The van der Waals surface area contributed by atoms with Crippen LogP contribution in [0, 0.1) is 0 Å². The van der Waals surface area contributed by atoms with Gasteiger partial charge in [0.1, 0.15) is 0 Å². The number of benzene rings is 3. The SMILES string of the molecule is CC(NC(=O)c1ccc2c(c1)OCO2)c1ccc(-c2ccccc2)cc1. The first-order valence-corrected chi connectivity index (χ1v) is 8.56. The Labute approximate surface area is 152 Å². The Kier molecular flexibility index (Phi) is 4.32. The quantitative estimate of drug-likeness (QED) is 0.753. The largest absolute Gasteiger partial charge is 0.454 e. The third-order valence-electron chi connectivity index (χ3n) is 4.50. The van der Waals surface area contributed by atoms with Gasteiger partial charge >= 0.3 is 0 Å². The number of hydrogen-bond donors (Lipinski definition) is 1. The van der Waals surface area contributed by atoms with Gasteiger partial charge in [-0.1, -0.05) is 54.6 Å². The molecule has 0 bridgehead atoms. The normalized spacial score (nSPS) is 13.3. The van der Waals surface area contributed by atoms with E-state index in [1.807, 2.05) is 37.3 Å². The highest BCUT2D eigenvalue weighted by Crippen LogP contribution is 2.32. The second kappa shape index (κ2) is 6.92. The molecule has 1 heterocycles. The summed E-state index contributed by atoms with van der Waals surface area (Å²) >= 11 is 0. The predicted molar refractivity (Wildman–Crippen MR) is 100 cm³/mol. The van der Waals surface area contributed by atoms with Crippen molar-refractivity contribution in [3.63, 3.8) is 0 Å². The van der Waals surface area contributed by atoms with Gasteiger partial charge in [0.2, 0.25) is 6.79 Å². The van der Waals surface area contributed by atoms with Crippen molar-refractivity contribution >= 4 is 5.91 Å². The molecule has 0 saturated carbocycles. The van der Waals surface area contributed by atoms with E-state index in [0.29, 0.717) is 17.1 Å². The molecule has 1 atom stereocenters. The van der Waals surface area contributed by atoms with Gasteiger partial charge in [-0.15, -0.1) is 0 Å². The molecule has 0 spiro atoms. The van der Waals surface area contributed by atoms with E-state index in [1.54, 1.807) is 18.2 Å². The highest BCUT2D eigenvalue weighted by molar-refractivity contribution is 5.95. The Balaban J connectivity index is 1.46. The van der Waals surface area contributed by atoms with Crippen LogP contribution in [0.4, 0.5) is 0 Å². The zero-order valence-electron chi connectivity index (χ0n) is 14.4. The van der Waals surface area contributed by atoms with Gasteiger partial charge < -0.3 is 14.8 Å². The van der Waals surface area contributed by atoms with Gasteiger partial charge in [-0.2, -0.15) is 0 Å². The van der Waals surface area contributed by atoms with Crippen LogP contribution in [0.5, 0.6) is 11.5 Å². The van der Waals surface area contributed by atoms with E-state index in [0.717, 1.165) is 11.1 Å². The molecule has 0 radical (unpaired) electrons. The lowest BCUT2D eigenvalue weighted by Gasteiger charge is -2.15. The monoisotopic (exact) mass is 345 g/mol. The average Bonchev–Trinajstić information content (AvgIpc) is 3.16. The maximum atomic E-state index is 12.5. The number of nitrogens with one attached hydrogen (secondary N) is 1. The summed E-state index contributed by atoms with van der Waals surface area (Å²) in [6.07, 6.45) is 0. The number of hydrogen-bond acceptors (Lipinski definition) is 3. The summed E-state index contributed by atoms with van der Waals surface area (Å²) in [5.41, 5.74) is 3.94. The van der Waals surface area contributed by atoms with Crippen molar-refractivity contribution in [1.29, 1.82) is 0 Å². The van der Waals surface area contributed by atoms with Crippen LogP contribution >= 0.6 is 0 Å². The summed E-state index contributed by atoms with van der Waals surface area (Å²) in [4.78, 5) is 12.5. The fraction of sp³-hybridized carbons (Fsp3) is 0.136. The minimum atomic E-state index is -0.136. The van der Waals surface area contributed by atoms with Crippen LogP contribution < -0.4 is 14.8 Å². The Hall–Kier alpha value is -3.27. The van der Waals surface area contributed by atoms with E-state index in [9.17, 15) is 4.79 Å². The average molecular weight is 345 g/mol. The van der Waals surface area contributed by atoms with Gasteiger partial charge in [0.05, 0.1) is 6.04 Å². The van der Waals surface area contributed by atoms with E-state index in [2.05, 4.69) is 29.6 Å². The molecule has 4 nitrogen and oxygen atoms in total. The van der Waals surface area contributed by atoms with Gasteiger partial charge in [-0.25, -0.2) is 0 Å². The maximum Gasteiger partial charge on any atom is 0.251 e. The molecule has 1 aliphatic rings. The van der Waals surface area contributed by atoms with E-state index < -0.39 is 0 Å². The summed E-state index contributed by atoms with van der Waals surface area (Å²) in [6, 6.07) is 23.6. The molecule has 1 amide bonds. The molecule has 4 heteroatoms. The first-order valence-electron chi connectivity index (χ1n) is 8.56. The predicted octanol–water partition coefficient (Wildman–Crippen LogP) is 4.57. The first kappa shape index (κ1) is 16.2. The third kappa shape index (κ3) is 3.26. The van der Waals surface area contributed by atoms with E-state index in [-0.39, 0.29) is 18.7 Å². The zero-order valence-corrected chi connectivity index (χ0v) is 14.4. The Morgan fingerprint density at radius 3 is 2.35 bits per heavy atom. The van der Waals surface area contributed by atoms with Gasteiger partial charge in [-0.05, 0) is 41.8 Å². The van der Waals surface area contributed by atoms with Crippen molar-refractivity contribution in [2.45, 2.75) is 13.0 Å². The second-order valence-corrected chi connectivity index (χ2v) is 6.25. The fourth-order valence-electron chi connectivity index (χ4n) is 3.00. The summed E-state index contributed by atoms with van der Waals surface area (Å²) < 4.78 is 10.6. The fourth-order valence-corrected chi connectivity index (χ4v) is 3.00. The van der Waals surface area contributed by atoms with Gasteiger partial charge in [-0.3, -0.25) is 4.79 Å². The maximum absolute atomic E-state index is 12.5. The molecule has 4 rings (SSSR count). The van der Waals surface area contributed by atoms with Crippen LogP contribution in [-0.4, -0.2) is 12.7 Å². The van der Waals surface area contributed by atoms with Crippen molar-refractivity contribution < 1.29 is 14.3 Å². The minimum Gasteiger partial charge on any atom is -0.454 e. The molecule has 0 saturated heterocycles. The number of amides is 1. The van der Waals surface area contributed by atoms with Crippen molar-refractivity contribution in [1.82, 2.24) is 5.32 Å². The smallest absolute Gasteiger partial charge is 0.251 e. The summed E-state index contributed by atoms with van der Waals surface area (Å²) in [5.74, 6) is 1.14. The zero-order chi connectivity index (χ0) is 17.9. The van der Waals surface area contributed by atoms with Gasteiger partial charge in [0.25, 0.3) is 5.91 Å². The Bertz CT molecular complexity index is 920. The van der Waals surface area contributed by atoms with Crippen molar-refractivity contribution in [2.75, 3.05) is 6.79 Å². The molecule has 0 aromatic heterocycles. The van der Waals surface area contributed by atoms with E-state index in [1.165, 1.54) is 5.56 Å². The molecule has 3 aromatic rings. The van der Waals surface area contributed by atoms with Gasteiger partial charge in [0.15, 0.2) is 11.5 Å². The van der Waals surface area contributed by atoms with Crippen molar-refractivity contribution in [3.05, 3.63) is 83.9 Å². The molecule has 0 fully saturated rings. The van der Waals surface area contributed by atoms with Crippen LogP contribution in [0.2, 0.25) is 0 Å². The molecule has 130 valence electrons. The highest BCUT2D eigenvalue weighted by atomic mass is 16.7. The van der Waals surface area contributed by atoms with Crippen LogP contribution in [0.1, 0.15) is 28.9 Å². The minimum absolute atomic E-state index is 0.0993. The molecular weight excluding hydrogens is 326 g/mol. The standard InChI is InChI=1S/C22H19NO3/c1-15(16-7-9-18(10-8-16)17-5-3-2-4-6-17)23-22(24)19-11-12-20-21(13-19)26-14-25-20/h2-13,15H,14H2,1H3,(H,23,24). The summed E-state index contributed by atoms with van der Waals surface area (Å²) in [5, 5.41) is 3.03.